The van der Waals surface area contributed by atoms with Gasteiger partial charge in [0.1, 0.15) is 0 Å². The van der Waals surface area contributed by atoms with Crippen LogP contribution in [0.5, 0.6) is 0 Å². The van der Waals surface area contributed by atoms with Crippen molar-refractivity contribution in [3.05, 3.63) is 0 Å². The zero-order valence-corrected chi connectivity index (χ0v) is 9.07. The average molecular weight is 190 g/mol. The van der Waals surface area contributed by atoms with Crippen molar-refractivity contribution in [3.8, 4) is 0 Å². The van der Waals surface area contributed by atoms with Gasteiger partial charge in [-0.2, -0.15) is 0 Å². The third kappa shape index (κ3) is 1.33. The Bertz CT molecular complexity index is 209. The molecule has 1 rings (SSSR count). The normalized spacial score (nSPS) is 34.9. The predicted molar refractivity (Wildman–Crippen MR) is 51.4 cm³/mol. The fourth-order valence-electron chi connectivity index (χ4n) is 1.96. The van der Waals surface area contributed by atoms with Crippen molar-refractivity contribution < 1.29 is 8.76 Å². The van der Waals surface area contributed by atoms with E-state index in [9.17, 15) is 4.21 Å². The van der Waals surface area contributed by atoms with Gasteiger partial charge < -0.3 is 4.55 Å². The van der Waals surface area contributed by atoms with Gasteiger partial charge in [0.2, 0.25) is 0 Å². The van der Waals surface area contributed by atoms with Crippen LogP contribution in [0.1, 0.15) is 40.5 Å². The molecule has 2 nitrogen and oxygen atoms in total. The second-order valence-electron chi connectivity index (χ2n) is 4.91. The summed E-state index contributed by atoms with van der Waals surface area (Å²) < 4.78 is 20.1. The molecule has 0 saturated heterocycles. The molecule has 0 bridgehead atoms. The van der Waals surface area contributed by atoms with E-state index in [0.717, 1.165) is 12.8 Å². The first-order chi connectivity index (χ1) is 5.29. The SMILES string of the molecule is CC1(C)CCC(S(=O)O)C1(C)C. The lowest BCUT2D eigenvalue weighted by Gasteiger charge is -2.37. The summed E-state index contributed by atoms with van der Waals surface area (Å²) in [4.78, 5) is 0. The lowest BCUT2D eigenvalue weighted by molar-refractivity contribution is 0.158. The van der Waals surface area contributed by atoms with Gasteiger partial charge in [-0.25, -0.2) is 4.21 Å². The van der Waals surface area contributed by atoms with Gasteiger partial charge in [-0.3, -0.25) is 0 Å². The van der Waals surface area contributed by atoms with Crippen LogP contribution in [0.2, 0.25) is 0 Å². The van der Waals surface area contributed by atoms with Crippen LogP contribution in [0.3, 0.4) is 0 Å². The first kappa shape index (κ1) is 10.2. The lowest BCUT2D eigenvalue weighted by Crippen LogP contribution is -2.36. The van der Waals surface area contributed by atoms with Gasteiger partial charge in [0, 0.05) is 0 Å². The Hall–Kier alpha value is 0.110. The van der Waals surface area contributed by atoms with E-state index in [0.29, 0.717) is 0 Å². The molecule has 1 N–H and O–H groups in total. The molecule has 0 aromatic heterocycles. The maximum atomic E-state index is 11.0. The molecule has 0 spiro atoms. The van der Waals surface area contributed by atoms with Crippen molar-refractivity contribution in [3.63, 3.8) is 0 Å². The van der Waals surface area contributed by atoms with E-state index in [1.807, 2.05) is 0 Å². The van der Waals surface area contributed by atoms with Crippen molar-refractivity contribution in [1.29, 1.82) is 0 Å². The summed E-state index contributed by atoms with van der Waals surface area (Å²) in [6.07, 6.45) is 1.93. The molecule has 2 unspecified atom stereocenters. The van der Waals surface area contributed by atoms with Crippen molar-refractivity contribution in [2.75, 3.05) is 0 Å². The first-order valence-electron chi connectivity index (χ1n) is 4.39. The Kier molecular flexibility index (Phi) is 2.39. The summed E-state index contributed by atoms with van der Waals surface area (Å²) in [6, 6.07) is 0. The summed E-state index contributed by atoms with van der Waals surface area (Å²) in [5.41, 5.74) is 0.169. The van der Waals surface area contributed by atoms with Crippen LogP contribution in [-0.4, -0.2) is 14.0 Å². The van der Waals surface area contributed by atoms with E-state index in [4.69, 9.17) is 4.55 Å². The van der Waals surface area contributed by atoms with Gasteiger partial charge in [-0.15, -0.1) is 0 Å². The largest absolute Gasteiger partial charge is 0.306 e. The van der Waals surface area contributed by atoms with Crippen LogP contribution in [-0.2, 0) is 11.1 Å². The van der Waals surface area contributed by atoms with Crippen LogP contribution in [0.25, 0.3) is 0 Å². The van der Waals surface area contributed by atoms with Crippen molar-refractivity contribution in [2.24, 2.45) is 10.8 Å². The van der Waals surface area contributed by atoms with Gasteiger partial charge in [0.15, 0.2) is 11.1 Å². The Morgan fingerprint density at radius 2 is 1.83 bits per heavy atom. The number of hydrogen-bond donors (Lipinski definition) is 1. The van der Waals surface area contributed by atoms with Gasteiger partial charge in [0.25, 0.3) is 0 Å². The Balaban J connectivity index is 2.93. The molecule has 1 fully saturated rings. The average Bonchev–Trinajstić information content (AvgIpc) is 2.03. The van der Waals surface area contributed by atoms with Crippen LogP contribution in [0, 0.1) is 10.8 Å². The monoisotopic (exact) mass is 190 g/mol. The Morgan fingerprint density at radius 1 is 1.33 bits per heavy atom. The molecular formula is C9H18O2S. The van der Waals surface area contributed by atoms with Crippen LogP contribution >= 0.6 is 0 Å². The molecule has 1 aliphatic carbocycles. The topological polar surface area (TPSA) is 37.3 Å². The fraction of sp³-hybridized carbons (Fsp3) is 1.00. The minimum absolute atomic E-state index is 0.0212. The van der Waals surface area contributed by atoms with Gasteiger partial charge >= 0.3 is 0 Å². The van der Waals surface area contributed by atoms with E-state index < -0.39 is 11.1 Å². The Morgan fingerprint density at radius 3 is 2.00 bits per heavy atom. The highest BCUT2D eigenvalue weighted by atomic mass is 32.2. The van der Waals surface area contributed by atoms with Crippen LogP contribution < -0.4 is 0 Å². The van der Waals surface area contributed by atoms with Gasteiger partial charge in [-0.05, 0) is 23.7 Å². The van der Waals surface area contributed by atoms with Crippen LogP contribution in [0.4, 0.5) is 0 Å². The summed E-state index contributed by atoms with van der Waals surface area (Å²) in [7, 11) is 0. The minimum atomic E-state index is -1.66. The van der Waals surface area contributed by atoms with Crippen molar-refractivity contribution >= 4 is 11.1 Å². The number of hydrogen-bond acceptors (Lipinski definition) is 1. The molecule has 0 radical (unpaired) electrons. The highest BCUT2D eigenvalue weighted by Crippen LogP contribution is 2.53. The maximum Gasteiger partial charge on any atom is 0.156 e. The molecule has 0 aromatic rings. The third-order valence-electron chi connectivity index (χ3n) is 3.82. The summed E-state index contributed by atoms with van der Waals surface area (Å²) in [5.74, 6) is 0. The second kappa shape index (κ2) is 2.81. The van der Waals surface area contributed by atoms with Gasteiger partial charge in [0.05, 0.1) is 5.25 Å². The molecular weight excluding hydrogens is 172 g/mol. The van der Waals surface area contributed by atoms with E-state index in [2.05, 4.69) is 27.7 Å². The molecule has 12 heavy (non-hydrogen) atoms. The van der Waals surface area contributed by atoms with Crippen molar-refractivity contribution in [1.82, 2.24) is 0 Å². The third-order valence-corrected chi connectivity index (χ3v) is 5.14. The standard InChI is InChI=1S/C9H18O2S/c1-8(2)6-5-7(12(10)11)9(8,3)4/h7H,5-6H2,1-4H3,(H,10,11). The molecule has 72 valence electrons. The summed E-state index contributed by atoms with van der Waals surface area (Å²) in [5, 5.41) is -0.0486. The van der Waals surface area contributed by atoms with E-state index in [1.54, 1.807) is 0 Å². The molecule has 0 aromatic carbocycles. The highest BCUT2D eigenvalue weighted by molar-refractivity contribution is 7.80. The lowest BCUT2D eigenvalue weighted by atomic mass is 9.71. The quantitative estimate of drug-likeness (QED) is 0.645. The zero-order valence-electron chi connectivity index (χ0n) is 8.26. The first-order valence-corrected chi connectivity index (χ1v) is 5.56. The highest BCUT2D eigenvalue weighted by Gasteiger charge is 2.50. The predicted octanol–water partition coefficient (Wildman–Crippen LogP) is 2.42. The smallest absolute Gasteiger partial charge is 0.156 e. The zero-order chi connectivity index (χ0) is 9.57. The van der Waals surface area contributed by atoms with Crippen molar-refractivity contribution in [2.45, 2.75) is 45.8 Å². The van der Waals surface area contributed by atoms with E-state index >= 15 is 0 Å². The minimum Gasteiger partial charge on any atom is -0.306 e. The molecule has 3 heteroatoms. The molecule has 1 aliphatic rings. The number of rotatable bonds is 1. The van der Waals surface area contributed by atoms with E-state index in [1.165, 1.54) is 0 Å². The Labute approximate surface area is 77.0 Å². The summed E-state index contributed by atoms with van der Waals surface area (Å²) >= 11 is -1.66. The fourth-order valence-corrected chi connectivity index (χ4v) is 3.11. The molecule has 0 heterocycles. The molecule has 1 saturated carbocycles. The molecule has 0 aliphatic heterocycles. The maximum absolute atomic E-state index is 11.0. The van der Waals surface area contributed by atoms with Crippen LogP contribution in [0.15, 0.2) is 0 Å². The second-order valence-corrected chi connectivity index (χ2v) is 6.03. The molecule has 2 atom stereocenters. The molecule has 0 amide bonds. The van der Waals surface area contributed by atoms with E-state index in [-0.39, 0.29) is 16.1 Å². The van der Waals surface area contributed by atoms with Gasteiger partial charge in [-0.1, -0.05) is 27.7 Å². The summed E-state index contributed by atoms with van der Waals surface area (Å²) in [6.45, 7) is 8.55.